The Balaban J connectivity index is 1.75. The van der Waals surface area contributed by atoms with Crippen molar-refractivity contribution in [1.82, 2.24) is 10.6 Å². The second-order valence-electron chi connectivity index (χ2n) is 5.32. The van der Waals surface area contributed by atoms with Crippen LogP contribution in [-0.4, -0.2) is 40.3 Å². The fraction of sp³-hybridized carbons (Fsp3) is 0.389. The fourth-order valence-electron chi connectivity index (χ4n) is 2.37. The molecule has 7 heteroatoms. The van der Waals surface area contributed by atoms with Crippen LogP contribution in [0.2, 0.25) is 0 Å². The lowest BCUT2D eigenvalue weighted by Gasteiger charge is -2.12. The van der Waals surface area contributed by atoms with Gasteiger partial charge in [0.1, 0.15) is 0 Å². The number of nitrogens with zero attached hydrogens (tertiary/aromatic N) is 1. The zero-order chi connectivity index (χ0) is 18.1. The maximum Gasteiger partial charge on any atom is 0.190 e. The molecule has 0 saturated carbocycles. The van der Waals surface area contributed by atoms with Crippen molar-refractivity contribution in [3.63, 3.8) is 0 Å². The van der Waals surface area contributed by atoms with Gasteiger partial charge in [-0.25, -0.2) is 0 Å². The lowest BCUT2D eigenvalue weighted by atomic mass is 10.1. The summed E-state index contributed by atoms with van der Waals surface area (Å²) in [4.78, 5) is 5.61. The lowest BCUT2D eigenvalue weighted by molar-refractivity contribution is 0.354. The van der Waals surface area contributed by atoms with Gasteiger partial charge in [-0.3, -0.25) is 4.99 Å². The highest BCUT2D eigenvalue weighted by molar-refractivity contribution is 9.11. The predicted molar refractivity (Wildman–Crippen MR) is 108 cm³/mol. The fourth-order valence-corrected chi connectivity index (χ4v) is 3.85. The number of thiophene rings is 1. The Labute approximate surface area is 161 Å². The van der Waals surface area contributed by atoms with Crippen LogP contribution in [0.4, 0.5) is 0 Å². The maximum atomic E-state index is 5.34. The van der Waals surface area contributed by atoms with Gasteiger partial charge in [-0.05, 0) is 58.6 Å². The molecule has 0 aliphatic heterocycles. The highest BCUT2D eigenvalue weighted by Gasteiger charge is 2.05. The van der Waals surface area contributed by atoms with Crippen LogP contribution in [0.1, 0.15) is 10.4 Å². The minimum absolute atomic E-state index is 0.747. The molecule has 0 unspecified atom stereocenters. The smallest absolute Gasteiger partial charge is 0.190 e. The number of methoxy groups -OCH3 is 2. The van der Waals surface area contributed by atoms with Crippen LogP contribution in [0.15, 0.2) is 39.1 Å². The first-order valence-corrected chi connectivity index (χ1v) is 9.67. The van der Waals surface area contributed by atoms with E-state index in [1.165, 1.54) is 14.2 Å². The van der Waals surface area contributed by atoms with E-state index in [0.29, 0.717) is 0 Å². The number of hydrogen-bond acceptors (Lipinski definition) is 4. The van der Waals surface area contributed by atoms with Crippen molar-refractivity contribution in [3.8, 4) is 11.5 Å². The van der Waals surface area contributed by atoms with Crippen molar-refractivity contribution < 1.29 is 9.47 Å². The van der Waals surface area contributed by atoms with Gasteiger partial charge in [0.05, 0.1) is 18.0 Å². The number of aliphatic imine (C=N–C) groups is 1. The molecule has 0 aliphatic rings. The molecule has 1 heterocycles. The van der Waals surface area contributed by atoms with E-state index in [1.807, 2.05) is 18.2 Å². The van der Waals surface area contributed by atoms with E-state index in [4.69, 9.17) is 9.47 Å². The summed E-state index contributed by atoms with van der Waals surface area (Å²) in [6, 6.07) is 10.2. The van der Waals surface area contributed by atoms with Crippen molar-refractivity contribution in [2.24, 2.45) is 4.99 Å². The normalized spacial score (nSPS) is 11.3. The van der Waals surface area contributed by atoms with Crippen molar-refractivity contribution in [1.29, 1.82) is 0 Å². The maximum absolute atomic E-state index is 5.34. The van der Waals surface area contributed by atoms with E-state index in [-0.39, 0.29) is 0 Å². The summed E-state index contributed by atoms with van der Waals surface area (Å²) in [5.74, 6) is 2.32. The predicted octanol–water partition coefficient (Wildman–Crippen LogP) is 3.48. The van der Waals surface area contributed by atoms with Crippen LogP contribution in [0.3, 0.4) is 0 Å². The van der Waals surface area contributed by atoms with Gasteiger partial charge >= 0.3 is 0 Å². The van der Waals surface area contributed by atoms with E-state index >= 15 is 0 Å². The Bertz CT molecular complexity index is 703. The summed E-state index contributed by atoms with van der Waals surface area (Å²) in [5, 5.41) is 6.68. The lowest BCUT2D eigenvalue weighted by Crippen LogP contribution is -2.39. The number of ether oxygens (including phenoxy) is 2. The van der Waals surface area contributed by atoms with E-state index < -0.39 is 0 Å². The van der Waals surface area contributed by atoms with Crippen LogP contribution >= 0.6 is 27.3 Å². The van der Waals surface area contributed by atoms with Gasteiger partial charge in [-0.15, -0.1) is 11.3 Å². The summed E-state index contributed by atoms with van der Waals surface area (Å²) in [7, 11) is 5.08. The molecular formula is C18H24BrN3O2S. The van der Waals surface area contributed by atoms with E-state index in [9.17, 15) is 0 Å². The first-order valence-electron chi connectivity index (χ1n) is 8.06. The number of nitrogens with one attached hydrogen (secondary N) is 2. The van der Waals surface area contributed by atoms with Gasteiger partial charge in [0.15, 0.2) is 17.5 Å². The zero-order valence-electron chi connectivity index (χ0n) is 14.8. The first kappa shape index (κ1) is 19.6. The summed E-state index contributed by atoms with van der Waals surface area (Å²) in [6.07, 6.45) is 1.85. The van der Waals surface area contributed by atoms with Crippen molar-refractivity contribution in [2.45, 2.75) is 12.8 Å². The molecule has 0 radical (unpaired) electrons. The quantitative estimate of drug-likeness (QED) is 0.502. The van der Waals surface area contributed by atoms with Crippen molar-refractivity contribution in [3.05, 3.63) is 44.6 Å². The Morgan fingerprint density at radius 3 is 2.36 bits per heavy atom. The van der Waals surface area contributed by atoms with Crippen LogP contribution < -0.4 is 20.1 Å². The second kappa shape index (κ2) is 10.3. The van der Waals surface area contributed by atoms with Crippen molar-refractivity contribution >= 4 is 33.2 Å². The number of halogens is 1. The Morgan fingerprint density at radius 1 is 1.04 bits per heavy atom. The largest absolute Gasteiger partial charge is 0.493 e. The van der Waals surface area contributed by atoms with E-state index in [2.05, 4.69) is 43.7 Å². The topological polar surface area (TPSA) is 54.9 Å². The van der Waals surface area contributed by atoms with Crippen molar-refractivity contribution in [2.75, 3.05) is 34.4 Å². The average molecular weight is 426 g/mol. The van der Waals surface area contributed by atoms with Gasteiger partial charge in [-0.2, -0.15) is 0 Å². The molecule has 0 amide bonds. The molecule has 136 valence electrons. The third-order valence-corrected chi connectivity index (χ3v) is 5.35. The molecule has 5 nitrogen and oxygen atoms in total. The van der Waals surface area contributed by atoms with Crippen LogP contribution in [-0.2, 0) is 12.8 Å². The molecule has 0 fully saturated rings. The molecule has 0 bridgehead atoms. The molecule has 1 aromatic heterocycles. The molecule has 0 aliphatic carbocycles. The average Bonchev–Trinajstić information content (AvgIpc) is 3.05. The second-order valence-corrected chi connectivity index (χ2v) is 7.87. The first-order chi connectivity index (χ1) is 12.2. The van der Waals surface area contributed by atoms with Gasteiger partial charge < -0.3 is 20.1 Å². The van der Waals surface area contributed by atoms with Crippen LogP contribution in [0.5, 0.6) is 11.5 Å². The molecule has 1 aromatic carbocycles. The molecule has 2 N–H and O–H groups in total. The van der Waals surface area contributed by atoms with E-state index in [0.717, 1.165) is 43.4 Å². The van der Waals surface area contributed by atoms with Gasteiger partial charge in [0.25, 0.3) is 0 Å². The molecule has 2 rings (SSSR count). The Morgan fingerprint density at radius 2 is 1.76 bits per heavy atom. The summed E-state index contributed by atoms with van der Waals surface area (Å²) < 4.78 is 11.8. The Hall–Kier alpha value is -1.73. The zero-order valence-corrected chi connectivity index (χ0v) is 17.2. The highest BCUT2D eigenvalue weighted by atomic mass is 79.9. The molecule has 0 atom stereocenters. The molecule has 2 aromatic rings. The number of rotatable bonds is 8. The van der Waals surface area contributed by atoms with Crippen LogP contribution in [0.25, 0.3) is 0 Å². The van der Waals surface area contributed by atoms with Crippen LogP contribution in [0, 0.1) is 0 Å². The summed E-state index contributed by atoms with van der Waals surface area (Å²) >= 11 is 5.25. The van der Waals surface area contributed by atoms with Gasteiger partial charge in [0, 0.05) is 25.0 Å². The minimum atomic E-state index is 0.747. The van der Waals surface area contributed by atoms with Gasteiger partial charge in [-0.1, -0.05) is 6.07 Å². The number of hydrogen-bond donors (Lipinski definition) is 2. The standard InChI is InChI=1S/C18H24BrN3O2S/c1-20-18(22-11-9-14-5-7-17(19)25-14)21-10-8-13-4-6-15(23-2)16(12-13)24-3/h4-7,12H,8-11H2,1-3H3,(H2,20,21,22). The third kappa shape index (κ3) is 6.25. The highest BCUT2D eigenvalue weighted by Crippen LogP contribution is 2.27. The summed E-state index contributed by atoms with van der Waals surface area (Å²) in [5.41, 5.74) is 1.18. The molecule has 0 spiro atoms. The Kier molecular flexibility index (Phi) is 8.08. The van der Waals surface area contributed by atoms with Gasteiger partial charge in [0.2, 0.25) is 0 Å². The SMILES string of the molecule is CN=C(NCCc1ccc(OC)c(OC)c1)NCCc1ccc(Br)s1. The minimum Gasteiger partial charge on any atom is -0.493 e. The molecule has 25 heavy (non-hydrogen) atoms. The third-order valence-electron chi connectivity index (χ3n) is 3.67. The summed E-state index contributed by atoms with van der Waals surface area (Å²) in [6.45, 7) is 1.64. The monoisotopic (exact) mass is 425 g/mol. The molecular weight excluding hydrogens is 402 g/mol. The van der Waals surface area contributed by atoms with E-state index in [1.54, 1.807) is 32.6 Å². The number of guanidine groups is 1. The molecule has 0 saturated heterocycles. The number of benzene rings is 1.